The Bertz CT molecular complexity index is 1160. The van der Waals surface area contributed by atoms with E-state index in [-0.39, 0.29) is 6.54 Å². The van der Waals surface area contributed by atoms with E-state index >= 15 is 0 Å². The van der Waals surface area contributed by atoms with Crippen molar-refractivity contribution >= 4 is 40.2 Å². The van der Waals surface area contributed by atoms with Crippen LogP contribution in [-0.2, 0) is 11.3 Å². The van der Waals surface area contributed by atoms with Gasteiger partial charge in [0.25, 0.3) is 0 Å². The van der Waals surface area contributed by atoms with Gasteiger partial charge in [-0.15, -0.1) is 0 Å². The van der Waals surface area contributed by atoms with Gasteiger partial charge in [0.2, 0.25) is 0 Å². The van der Waals surface area contributed by atoms with Crippen LogP contribution in [0, 0.1) is 6.92 Å². The van der Waals surface area contributed by atoms with E-state index < -0.39 is 5.97 Å². The van der Waals surface area contributed by atoms with Crippen molar-refractivity contribution in [2.75, 3.05) is 0 Å². The molecule has 1 N–H and O–H groups in total. The fourth-order valence-electron chi connectivity index (χ4n) is 3.24. The number of fused-ring (bicyclic) bond motifs is 1. The first-order valence-electron chi connectivity index (χ1n) is 8.58. The van der Waals surface area contributed by atoms with Crippen molar-refractivity contribution in [2.24, 2.45) is 0 Å². The van der Waals surface area contributed by atoms with Crippen molar-refractivity contribution in [3.05, 3.63) is 71.8 Å². The molecule has 2 heterocycles. The van der Waals surface area contributed by atoms with Gasteiger partial charge in [-0.25, -0.2) is 9.97 Å². The van der Waals surface area contributed by atoms with E-state index in [4.69, 9.17) is 11.6 Å². The molecule has 7 heteroatoms. The predicted molar refractivity (Wildman–Crippen MR) is 111 cm³/mol. The number of hydrogen-bond donors (Lipinski definition) is 1. The molecule has 0 bridgehead atoms. The third-order valence-corrected chi connectivity index (χ3v) is 5.94. The number of rotatable bonds is 5. The quantitative estimate of drug-likeness (QED) is 0.484. The minimum Gasteiger partial charge on any atom is -0.480 e. The molecule has 0 fully saturated rings. The van der Waals surface area contributed by atoms with E-state index in [2.05, 4.69) is 9.97 Å². The Morgan fingerprint density at radius 1 is 1.18 bits per heavy atom. The molecule has 0 atom stereocenters. The molecule has 0 spiro atoms. The number of aliphatic carboxylic acids is 1. The summed E-state index contributed by atoms with van der Waals surface area (Å²) in [6.07, 6.45) is 3.22. The number of nitrogens with zero attached hydrogens (tertiary/aromatic N) is 3. The van der Waals surface area contributed by atoms with Gasteiger partial charge in [0, 0.05) is 37.7 Å². The summed E-state index contributed by atoms with van der Waals surface area (Å²) in [6, 6.07) is 15.3. The summed E-state index contributed by atoms with van der Waals surface area (Å²) in [4.78, 5) is 21.9. The van der Waals surface area contributed by atoms with Gasteiger partial charge >= 0.3 is 5.97 Å². The first-order chi connectivity index (χ1) is 13.5. The third kappa shape index (κ3) is 3.48. The maximum Gasteiger partial charge on any atom is 0.323 e. The van der Waals surface area contributed by atoms with Crippen molar-refractivity contribution < 1.29 is 9.90 Å². The van der Waals surface area contributed by atoms with E-state index in [0.717, 1.165) is 37.6 Å². The first-order valence-corrected chi connectivity index (χ1v) is 9.77. The average Bonchev–Trinajstić information content (AvgIpc) is 2.96. The lowest BCUT2D eigenvalue weighted by molar-refractivity contribution is -0.137. The molecule has 0 radical (unpaired) electrons. The molecular weight excluding hydrogens is 394 g/mol. The van der Waals surface area contributed by atoms with E-state index in [0.29, 0.717) is 5.02 Å². The van der Waals surface area contributed by atoms with Crippen LogP contribution < -0.4 is 0 Å². The zero-order valence-electron chi connectivity index (χ0n) is 15.0. The molecule has 4 rings (SSSR count). The van der Waals surface area contributed by atoms with Gasteiger partial charge in [-0.3, -0.25) is 4.79 Å². The highest BCUT2D eigenvalue weighted by Crippen LogP contribution is 2.42. The Balaban J connectivity index is 1.97. The summed E-state index contributed by atoms with van der Waals surface area (Å²) >= 11 is 7.61. The molecule has 2 aromatic carbocycles. The highest BCUT2D eigenvalue weighted by atomic mass is 35.5. The molecule has 0 unspecified atom stereocenters. The average molecular weight is 410 g/mol. The molecule has 0 saturated heterocycles. The Morgan fingerprint density at radius 3 is 2.64 bits per heavy atom. The molecule has 140 valence electrons. The van der Waals surface area contributed by atoms with Gasteiger partial charge in [-0.2, -0.15) is 0 Å². The van der Waals surface area contributed by atoms with Crippen molar-refractivity contribution in [1.82, 2.24) is 14.5 Å². The zero-order valence-corrected chi connectivity index (χ0v) is 16.5. The number of benzene rings is 2. The van der Waals surface area contributed by atoms with Crippen molar-refractivity contribution in [3.63, 3.8) is 0 Å². The molecular formula is C21H16ClN3O2S. The van der Waals surface area contributed by atoms with Gasteiger partial charge in [0.1, 0.15) is 12.9 Å². The van der Waals surface area contributed by atoms with Crippen molar-refractivity contribution in [1.29, 1.82) is 0 Å². The summed E-state index contributed by atoms with van der Waals surface area (Å²) in [5.41, 5.74) is 3.51. The molecule has 0 aliphatic carbocycles. The molecule has 5 nitrogen and oxygen atoms in total. The molecule has 0 aliphatic heterocycles. The predicted octanol–water partition coefficient (Wildman–Crippen LogP) is 5.30. The second kappa shape index (κ2) is 7.66. The summed E-state index contributed by atoms with van der Waals surface area (Å²) in [6.45, 7) is 1.85. The maximum absolute atomic E-state index is 11.5. The van der Waals surface area contributed by atoms with E-state index in [1.54, 1.807) is 18.0 Å². The summed E-state index contributed by atoms with van der Waals surface area (Å²) in [5, 5.41) is 11.1. The van der Waals surface area contributed by atoms with Gasteiger partial charge in [0.05, 0.1) is 11.2 Å². The standard InChI is InChI=1S/C21H16ClN3O2S/c1-13-21(28-15-7-5-14(22)6-8-15)20-16(17-9-10-23-12-24-17)3-2-4-18(20)25(13)11-19(26)27/h2-10,12H,11H2,1H3,(H,26,27). The monoisotopic (exact) mass is 409 g/mol. The smallest absolute Gasteiger partial charge is 0.323 e. The van der Waals surface area contributed by atoms with Crippen LogP contribution in [0.2, 0.25) is 5.02 Å². The molecule has 4 aromatic rings. The normalized spacial score (nSPS) is 11.1. The highest BCUT2D eigenvalue weighted by molar-refractivity contribution is 7.99. The Kier molecular flexibility index (Phi) is 5.07. The van der Waals surface area contributed by atoms with E-state index in [1.165, 1.54) is 6.33 Å². The fraction of sp³-hybridized carbons (Fsp3) is 0.0952. The van der Waals surface area contributed by atoms with E-state index in [9.17, 15) is 9.90 Å². The summed E-state index contributed by atoms with van der Waals surface area (Å²) < 4.78 is 1.83. The Labute approximate surface area is 171 Å². The number of halogens is 1. The lowest BCUT2D eigenvalue weighted by Gasteiger charge is -2.06. The van der Waals surface area contributed by atoms with Crippen LogP contribution in [0.5, 0.6) is 0 Å². The summed E-state index contributed by atoms with van der Waals surface area (Å²) in [5.74, 6) is -0.879. The Morgan fingerprint density at radius 2 is 1.96 bits per heavy atom. The number of carboxylic acid groups (broad SMARTS) is 1. The van der Waals surface area contributed by atoms with Crippen LogP contribution in [0.1, 0.15) is 5.69 Å². The van der Waals surface area contributed by atoms with Crippen LogP contribution in [0.3, 0.4) is 0 Å². The topological polar surface area (TPSA) is 68.0 Å². The van der Waals surface area contributed by atoms with Crippen LogP contribution in [-0.4, -0.2) is 25.6 Å². The zero-order chi connectivity index (χ0) is 19.7. The molecule has 0 amide bonds. The van der Waals surface area contributed by atoms with Crippen LogP contribution in [0.15, 0.2) is 70.8 Å². The van der Waals surface area contributed by atoms with Gasteiger partial charge in [-0.05, 0) is 43.3 Å². The number of hydrogen-bond acceptors (Lipinski definition) is 4. The molecule has 0 aliphatic rings. The number of carbonyl (C=O) groups is 1. The van der Waals surface area contributed by atoms with Gasteiger partial charge in [-0.1, -0.05) is 35.5 Å². The lowest BCUT2D eigenvalue weighted by atomic mass is 10.1. The summed E-state index contributed by atoms with van der Waals surface area (Å²) in [7, 11) is 0. The van der Waals surface area contributed by atoms with Gasteiger partial charge in [0.15, 0.2) is 0 Å². The molecule has 28 heavy (non-hydrogen) atoms. The molecule has 2 aromatic heterocycles. The fourth-order valence-corrected chi connectivity index (χ4v) is 4.44. The SMILES string of the molecule is Cc1c(Sc2ccc(Cl)cc2)c2c(-c3ccncn3)cccc2n1CC(=O)O. The van der Waals surface area contributed by atoms with Gasteiger partial charge < -0.3 is 9.67 Å². The maximum atomic E-state index is 11.5. The minimum absolute atomic E-state index is 0.100. The minimum atomic E-state index is -0.879. The first kappa shape index (κ1) is 18.5. The van der Waals surface area contributed by atoms with E-state index in [1.807, 2.05) is 60.0 Å². The second-order valence-electron chi connectivity index (χ2n) is 6.24. The second-order valence-corrected chi connectivity index (χ2v) is 7.76. The van der Waals surface area contributed by atoms with Crippen molar-refractivity contribution in [2.45, 2.75) is 23.3 Å². The van der Waals surface area contributed by atoms with Crippen LogP contribution in [0.4, 0.5) is 0 Å². The molecule has 0 saturated carbocycles. The third-order valence-electron chi connectivity index (χ3n) is 4.48. The number of carboxylic acids is 1. The van der Waals surface area contributed by atoms with Crippen LogP contribution in [0.25, 0.3) is 22.2 Å². The van der Waals surface area contributed by atoms with Crippen molar-refractivity contribution in [3.8, 4) is 11.3 Å². The lowest BCUT2D eigenvalue weighted by Crippen LogP contribution is -2.09. The highest BCUT2D eigenvalue weighted by Gasteiger charge is 2.20. The van der Waals surface area contributed by atoms with Crippen LogP contribution >= 0.6 is 23.4 Å². The Hall–Kier alpha value is -2.83. The number of aromatic nitrogens is 3. The largest absolute Gasteiger partial charge is 0.480 e.